The minimum Gasteiger partial charge on any atom is -0.378 e. The van der Waals surface area contributed by atoms with Gasteiger partial charge in [-0.3, -0.25) is 14.5 Å². The topological polar surface area (TPSA) is 116 Å². The van der Waals surface area contributed by atoms with Crippen LogP contribution in [0.5, 0.6) is 0 Å². The molecule has 0 spiro atoms. The number of morpholine rings is 1. The van der Waals surface area contributed by atoms with Gasteiger partial charge in [0.15, 0.2) is 6.67 Å². The van der Waals surface area contributed by atoms with Crippen LogP contribution >= 0.6 is 0 Å². The monoisotopic (exact) mass is 605 g/mol. The number of fused-ring (bicyclic) bond motifs is 1. The average molecular weight is 606 g/mol. The molecular weight excluding hydrogens is 568 g/mol. The van der Waals surface area contributed by atoms with Crippen LogP contribution in [0.15, 0.2) is 90.1 Å². The first-order chi connectivity index (χ1) is 21.9. The molecule has 3 aromatic rings. The summed E-state index contributed by atoms with van der Waals surface area (Å²) in [5.74, 6) is 1.29. The van der Waals surface area contributed by atoms with Crippen LogP contribution in [0.4, 0.5) is 17.2 Å². The Labute approximate surface area is 262 Å². The zero-order valence-corrected chi connectivity index (χ0v) is 25.5. The molecule has 4 aliphatic heterocycles. The van der Waals surface area contributed by atoms with Gasteiger partial charge in [0.2, 0.25) is 0 Å². The predicted molar refractivity (Wildman–Crippen MR) is 173 cm³/mol. The molecule has 7 rings (SSSR count). The Bertz CT molecular complexity index is 1700. The maximum Gasteiger partial charge on any atom is 0.257 e. The van der Waals surface area contributed by atoms with Gasteiger partial charge in [0.05, 0.1) is 30.7 Å². The van der Waals surface area contributed by atoms with E-state index < -0.39 is 0 Å². The van der Waals surface area contributed by atoms with Crippen molar-refractivity contribution in [2.45, 2.75) is 19.3 Å². The summed E-state index contributed by atoms with van der Waals surface area (Å²) in [6.45, 7) is 9.07. The SMILES string of the molecule is Cc1c(NC(=O)c2ccc(C3(C)CNC3)cc2)cccc1N1C=C(Nc2ccc(C(=O)N3CCOCC3)cn2)C2=NC=C[NH+]2C1. The first-order valence-electron chi connectivity index (χ1n) is 15.3. The fraction of sp³-hybridized carbons (Fsp3) is 0.294. The first-order valence-corrected chi connectivity index (χ1v) is 15.3. The van der Waals surface area contributed by atoms with Crippen molar-refractivity contribution in [3.63, 3.8) is 0 Å². The van der Waals surface area contributed by atoms with Gasteiger partial charge in [-0.05, 0) is 54.4 Å². The standard InChI is InChI=1S/C34H36N8O3/c1-23-27(39-32(43)24-6-9-26(10-7-24)34(2)20-35-21-34)4-3-5-29(23)42-19-28(31-36-12-13-41(31)22-42)38-30-11-8-25(18-37-30)33(44)40-14-16-45-17-15-40/h3-13,18-19,35H,14-17,20-22H2,1-2H3,(H,37,38)(H,39,43)/p+1. The number of aliphatic imine (C=N–C) groups is 1. The maximum atomic E-state index is 13.2. The summed E-state index contributed by atoms with van der Waals surface area (Å²) >= 11 is 0. The third-order valence-corrected chi connectivity index (χ3v) is 8.97. The Hall–Kier alpha value is -4.84. The number of amidine groups is 1. The molecule has 1 atom stereocenters. The Kier molecular flexibility index (Phi) is 7.66. The van der Waals surface area contributed by atoms with E-state index in [1.54, 1.807) is 23.4 Å². The highest BCUT2D eigenvalue weighted by molar-refractivity contribution is 6.05. The number of carbonyl (C=O) groups excluding carboxylic acids is 2. The van der Waals surface area contributed by atoms with E-state index in [1.165, 1.54) is 5.56 Å². The second-order valence-corrected chi connectivity index (χ2v) is 12.1. The van der Waals surface area contributed by atoms with E-state index in [0.717, 1.165) is 46.5 Å². The first kappa shape index (κ1) is 28.9. The van der Waals surface area contributed by atoms with Gasteiger partial charge >= 0.3 is 0 Å². The van der Waals surface area contributed by atoms with E-state index in [2.05, 4.69) is 49.9 Å². The largest absolute Gasteiger partial charge is 0.378 e. The van der Waals surface area contributed by atoms with Crippen LogP contribution < -0.4 is 25.8 Å². The van der Waals surface area contributed by atoms with Crippen LogP contribution in [0.2, 0.25) is 0 Å². The fourth-order valence-electron chi connectivity index (χ4n) is 6.10. The molecule has 5 heterocycles. The van der Waals surface area contributed by atoms with E-state index in [4.69, 9.17) is 4.74 Å². The zero-order chi connectivity index (χ0) is 31.0. The lowest BCUT2D eigenvalue weighted by Crippen LogP contribution is -3.12. The molecule has 0 radical (unpaired) electrons. The molecule has 1 aromatic heterocycles. The van der Waals surface area contributed by atoms with E-state index in [-0.39, 0.29) is 17.2 Å². The number of anilines is 3. The van der Waals surface area contributed by atoms with Crippen molar-refractivity contribution in [2.75, 3.05) is 61.6 Å². The Morgan fingerprint density at radius 3 is 2.51 bits per heavy atom. The van der Waals surface area contributed by atoms with E-state index in [1.807, 2.05) is 55.7 Å². The van der Waals surface area contributed by atoms with Crippen molar-refractivity contribution in [3.8, 4) is 0 Å². The third kappa shape index (κ3) is 5.73. The fourth-order valence-corrected chi connectivity index (χ4v) is 6.10. The number of rotatable bonds is 7. The molecule has 4 aliphatic rings. The minimum absolute atomic E-state index is 0.0413. The number of nitrogens with zero attached hydrogens (tertiary/aromatic N) is 4. The number of nitrogens with one attached hydrogen (secondary N) is 4. The van der Waals surface area contributed by atoms with Gasteiger partial charge in [0.1, 0.15) is 17.7 Å². The molecule has 2 fully saturated rings. The summed E-state index contributed by atoms with van der Waals surface area (Å²) in [7, 11) is 0. The number of amides is 2. The molecule has 2 saturated heterocycles. The normalized spacial score (nSPS) is 20.1. The summed E-state index contributed by atoms with van der Waals surface area (Å²) in [6.07, 6.45) is 7.44. The molecule has 11 heteroatoms. The van der Waals surface area contributed by atoms with E-state index >= 15 is 0 Å². The lowest BCUT2D eigenvalue weighted by Gasteiger charge is -2.40. The second-order valence-electron chi connectivity index (χ2n) is 12.1. The van der Waals surface area contributed by atoms with Crippen LogP contribution in [0, 0.1) is 6.92 Å². The van der Waals surface area contributed by atoms with Crippen LogP contribution in [-0.4, -0.2) is 73.6 Å². The lowest BCUT2D eigenvalue weighted by atomic mass is 9.77. The molecule has 4 N–H and O–H groups in total. The quantitative estimate of drug-likeness (QED) is 0.327. The third-order valence-electron chi connectivity index (χ3n) is 8.97. The highest BCUT2D eigenvalue weighted by Gasteiger charge is 2.34. The van der Waals surface area contributed by atoms with Gasteiger partial charge in [-0.25, -0.2) is 9.88 Å². The van der Waals surface area contributed by atoms with Crippen LogP contribution in [0.3, 0.4) is 0 Å². The number of aromatic nitrogens is 1. The summed E-state index contributed by atoms with van der Waals surface area (Å²) < 4.78 is 5.36. The number of quaternary nitrogens is 1. The number of hydrogen-bond acceptors (Lipinski definition) is 8. The second kappa shape index (κ2) is 11.9. The highest BCUT2D eigenvalue weighted by atomic mass is 16.5. The van der Waals surface area contributed by atoms with E-state index in [0.29, 0.717) is 49.9 Å². The maximum absolute atomic E-state index is 13.2. The Morgan fingerprint density at radius 2 is 1.80 bits per heavy atom. The Morgan fingerprint density at radius 1 is 1.02 bits per heavy atom. The molecule has 0 saturated carbocycles. The van der Waals surface area contributed by atoms with Crippen molar-refractivity contribution in [2.24, 2.45) is 4.99 Å². The molecule has 230 valence electrons. The minimum atomic E-state index is -0.139. The van der Waals surface area contributed by atoms with Gasteiger partial charge in [-0.15, -0.1) is 0 Å². The van der Waals surface area contributed by atoms with E-state index in [9.17, 15) is 9.59 Å². The highest BCUT2D eigenvalue weighted by Crippen LogP contribution is 2.30. The number of benzene rings is 2. The average Bonchev–Trinajstić information content (AvgIpc) is 3.54. The summed E-state index contributed by atoms with van der Waals surface area (Å²) in [6, 6.07) is 17.5. The summed E-state index contributed by atoms with van der Waals surface area (Å²) in [5, 5.41) is 9.86. The zero-order valence-electron chi connectivity index (χ0n) is 25.5. The van der Waals surface area contributed by atoms with Crippen LogP contribution in [-0.2, 0) is 10.2 Å². The van der Waals surface area contributed by atoms with Gasteiger partial charge < -0.3 is 25.6 Å². The number of pyridine rings is 1. The van der Waals surface area contributed by atoms with Crippen molar-refractivity contribution < 1.29 is 19.2 Å². The molecule has 2 amide bonds. The molecule has 1 unspecified atom stereocenters. The van der Waals surface area contributed by atoms with Crippen molar-refractivity contribution in [3.05, 3.63) is 107 Å². The molecule has 45 heavy (non-hydrogen) atoms. The molecule has 2 aromatic carbocycles. The molecule has 0 bridgehead atoms. The van der Waals surface area contributed by atoms with Crippen molar-refractivity contribution >= 4 is 34.8 Å². The number of hydrogen-bond donors (Lipinski definition) is 4. The summed E-state index contributed by atoms with van der Waals surface area (Å²) in [5.41, 5.74) is 6.03. The predicted octanol–water partition coefficient (Wildman–Crippen LogP) is 2.47. The van der Waals surface area contributed by atoms with Crippen molar-refractivity contribution in [1.82, 2.24) is 15.2 Å². The summed E-state index contributed by atoms with van der Waals surface area (Å²) in [4.78, 5) is 40.2. The molecule has 0 aliphatic carbocycles. The van der Waals surface area contributed by atoms with Crippen LogP contribution in [0.1, 0.15) is 38.8 Å². The molecular formula is C34H37N8O3+. The number of ether oxygens (including phenoxy) is 1. The van der Waals surface area contributed by atoms with Gasteiger partial charge in [-0.2, -0.15) is 4.99 Å². The van der Waals surface area contributed by atoms with Gasteiger partial charge in [0.25, 0.3) is 17.6 Å². The lowest BCUT2D eigenvalue weighted by molar-refractivity contribution is -0.743. The number of carbonyl (C=O) groups is 2. The molecule has 11 nitrogen and oxygen atoms in total. The smallest absolute Gasteiger partial charge is 0.257 e. The Balaban J connectivity index is 1.08. The van der Waals surface area contributed by atoms with Gasteiger partial charge in [0, 0.05) is 55.2 Å². The van der Waals surface area contributed by atoms with Crippen LogP contribution in [0.25, 0.3) is 0 Å². The van der Waals surface area contributed by atoms with Crippen molar-refractivity contribution in [1.29, 1.82) is 0 Å². The van der Waals surface area contributed by atoms with Gasteiger partial charge in [-0.1, -0.05) is 25.1 Å².